The highest BCUT2D eigenvalue weighted by atomic mass is 127. The number of hydrogen-bond donors (Lipinski definition) is 0. The molecule has 1 aliphatic carbocycles. The summed E-state index contributed by atoms with van der Waals surface area (Å²) in [5.41, 5.74) is 0.804. The lowest BCUT2D eigenvalue weighted by atomic mass is 9.63. The first-order chi connectivity index (χ1) is 5.20. The van der Waals surface area contributed by atoms with Gasteiger partial charge in [-0.25, -0.2) is 0 Å². The van der Waals surface area contributed by atoms with E-state index in [2.05, 4.69) is 35.4 Å². The van der Waals surface area contributed by atoms with Crippen molar-refractivity contribution >= 4 is 30.6 Å². The molecule has 0 aromatic carbocycles. The Morgan fingerprint density at radius 2 is 1.82 bits per heavy atom. The number of alkyl halides is 1. The van der Waals surface area contributed by atoms with Gasteiger partial charge >= 0.3 is 0 Å². The lowest BCUT2D eigenvalue weighted by Gasteiger charge is -2.50. The Bertz CT molecular complexity index is 146. The normalized spacial score (nSPS) is 32.1. The second-order valence-electron chi connectivity index (χ2n) is 4.31. The first kappa shape index (κ1) is 8.36. The lowest BCUT2D eigenvalue weighted by molar-refractivity contribution is 0.0728. The van der Waals surface area contributed by atoms with Crippen molar-refractivity contribution in [1.82, 2.24) is 4.81 Å². The molecule has 1 aliphatic heterocycles. The zero-order valence-electron chi connectivity index (χ0n) is 7.15. The molecule has 1 heterocycles. The van der Waals surface area contributed by atoms with Gasteiger partial charge in [0.05, 0.1) is 0 Å². The van der Waals surface area contributed by atoms with Crippen molar-refractivity contribution in [1.29, 1.82) is 0 Å². The maximum atomic E-state index is 2.60. The molecular formula is C8H15BIN. The quantitative estimate of drug-likeness (QED) is 0.361. The Balaban J connectivity index is 1.88. The smallest absolute Gasteiger partial charge is 0.185 e. The molecule has 0 atom stereocenters. The number of rotatable bonds is 0. The Labute approximate surface area is 83.5 Å². The van der Waals surface area contributed by atoms with Gasteiger partial charge in [-0.05, 0) is 44.2 Å². The third-order valence-corrected chi connectivity index (χ3v) is 4.24. The molecule has 1 saturated carbocycles. The molecule has 0 amide bonds. The summed E-state index contributed by atoms with van der Waals surface area (Å²) in [6, 6.07) is 0. The zero-order valence-corrected chi connectivity index (χ0v) is 9.30. The predicted molar refractivity (Wildman–Crippen MR) is 58.8 cm³/mol. The minimum Gasteiger partial charge on any atom is -0.349 e. The van der Waals surface area contributed by atoms with Gasteiger partial charge in [-0.3, -0.25) is 0 Å². The van der Waals surface area contributed by atoms with Crippen molar-refractivity contribution in [3.63, 3.8) is 0 Å². The van der Waals surface area contributed by atoms with Crippen LogP contribution >= 0.6 is 22.6 Å². The summed E-state index contributed by atoms with van der Waals surface area (Å²) < 4.78 is 0.996. The van der Waals surface area contributed by atoms with E-state index in [0.29, 0.717) is 0 Å². The van der Waals surface area contributed by atoms with Crippen LogP contribution < -0.4 is 0 Å². The van der Waals surface area contributed by atoms with Crippen LogP contribution in [0.5, 0.6) is 0 Å². The Kier molecular flexibility index (Phi) is 2.21. The maximum Gasteiger partial charge on any atom is 0.185 e. The summed E-state index contributed by atoms with van der Waals surface area (Å²) in [7, 11) is 2.24. The fraction of sp³-hybridized carbons (Fsp3) is 1.00. The van der Waals surface area contributed by atoms with Gasteiger partial charge in [0.2, 0.25) is 0 Å². The van der Waals surface area contributed by atoms with E-state index in [4.69, 9.17) is 0 Å². The van der Waals surface area contributed by atoms with Gasteiger partial charge in [-0.2, -0.15) is 0 Å². The third kappa shape index (κ3) is 1.59. The molecule has 0 bridgehead atoms. The topological polar surface area (TPSA) is 3.24 Å². The molecule has 0 N–H and O–H groups in total. The third-order valence-electron chi connectivity index (χ3n) is 3.36. The molecule has 0 radical (unpaired) electrons. The van der Waals surface area contributed by atoms with Crippen molar-refractivity contribution in [3.05, 3.63) is 0 Å². The van der Waals surface area contributed by atoms with Gasteiger partial charge < -0.3 is 4.81 Å². The minimum atomic E-state index is 0.804. The second kappa shape index (κ2) is 2.91. The largest absolute Gasteiger partial charge is 0.349 e. The molecule has 2 fully saturated rings. The van der Waals surface area contributed by atoms with E-state index in [1.54, 1.807) is 0 Å². The van der Waals surface area contributed by atoms with E-state index in [1.165, 1.54) is 38.8 Å². The second-order valence-corrected chi connectivity index (χ2v) is 6.07. The number of nitrogens with zero attached hydrogens (tertiary/aromatic N) is 1. The van der Waals surface area contributed by atoms with E-state index >= 15 is 0 Å². The molecule has 11 heavy (non-hydrogen) atoms. The first-order valence-corrected chi connectivity index (χ1v) is 5.77. The number of halogens is 1. The van der Waals surface area contributed by atoms with Crippen LogP contribution in [-0.4, -0.2) is 29.8 Å². The zero-order chi connectivity index (χ0) is 7.90. The first-order valence-electron chi connectivity index (χ1n) is 4.53. The van der Waals surface area contributed by atoms with Crippen LogP contribution in [0.4, 0.5) is 0 Å². The van der Waals surface area contributed by atoms with E-state index in [0.717, 1.165) is 9.34 Å². The van der Waals surface area contributed by atoms with Crippen molar-refractivity contribution in [2.24, 2.45) is 5.41 Å². The molecule has 2 rings (SSSR count). The SMILES string of the molecule is BN1CCC2(CC1)CC(I)C2. The summed E-state index contributed by atoms with van der Waals surface area (Å²) >= 11 is 2.60. The maximum absolute atomic E-state index is 2.60. The van der Waals surface area contributed by atoms with Crippen molar-refractivity contribution in [3.8, 4) is 0 Å². The van der Waals surface area contributed by atoms with Crippen LogP contribution in [-0.2, 0) is 0 Å². The molecule has 2 aliphatic rings. The molecule has 3 heteroatoms. The monoisotopic (exact) mass is 263 g/mol. The highest BCUT2D eigenvalue weighted by molar-refractivity contribution is 14.1. The van der Waals surface area contributed by atoms with E-state index in [1.807, 2.05) is 0 Å². The van der Waals surface area contributed by atoms with Crippen LogP contribution in [0.15, 0.2) is 0 Å². The van der Waals surface area contributed by atoms with E-state index < -0.39 is 0 Å². The summed E-state index contributed by atoms with van der Waals surface area (Å²) in [5, 5.41) is 0. The van der Waals surface area contributed by atoms with Gasteiger partial charge in [0, 0.05) is 3.92 Å². The van der Waals surface area contributed by atoms with Gasteiger partial charge in [0.15, 0.2) is 7.98 Å². The highest BCUT2D eigenvalue weighted by Gasteiger charge is 2.43. The standard InChI is InChI=1S/C8H15BIN/c9-11-3-1-8(2-4-11)5-7(10)6-8/h7H,1-6,9H2. The van der Waals surface area contributed by atoms with Crippen LogP contribution in [0.25, 0.3) is 0 Å². The van der Waals surface area contributed by atoms with Crippen molar-refractivity contribution in [2.75, 3.05) is 13.1 Å². The highest BCUT2D eigenvalue weighted by Crippen LogP contribution is 2.51. The minimum absolute atomic E-state index is 0.804. The van der Waals surface area contributed by atoms with Crippen LogP contribution in [0, 0.1) is 5.41 Å². The van der Waals surface area contributed by atoms with Crippen LogP contribution in [0.3, 0.4) is 0 Å². The predicted octanol–water partition coefficient (Wildman–Crippen LogP) is 1.21. The fourth-order valence-corrected chi connectivity index (χ4v) is 4.25. The number of piperidine rings is 1. The summed E-state index contributed by atoms with van der Waals surface area (Å²) in [4.78, 5) is 2.46. The molecule has 62 valence electrons. The van der Waals surface area contributed by atoms with Gasteiger partial charge in [-0.1, -0.05) is 22.6 Å². The molecular weight excluding hydrogens is 248 g/mol. The number of hydrogen-bond acceptors (Lipinski definition) is 1. The average molecular weight is 263 g/mol. The van der Waals surface area contributed by atoms with Gasteiger partial charge in [0.1, 0.15) is 0 Å². The lowest BCUT2D eigenvalue weighted by Crippen LogP contribution is -2.46. The van der Waals surface area contributed by atoms with E-state index in [-0.39, 0.29) is 0 Å². The summed E-state index contributed by atoms with van der Waals surface area (Å²) in [6.07, 6.45) is 5.93. The van der Waals surface area contributed by atoms with Crippen LogP contribution in [0.2, 0.25) is 0 Å². The molecule has 1 saturated heterocycles. The Morgan fingerprint density at radius 1 is 1.27 bits per heavy atom. The Hall–Kier alpha value is 0.755. The molecule has 0 aromatic rings. The van der Waals surface area contributed by atoms with E-state index in [9.17, 15) is 0 Å². The van der Waals surface area contributed by atoms with Gasteiger partial charge in [-0.15, -0.1) is 0 Å². The van der Waals surface area contributed by atoms with Crippen molar-refractivity contribution < 1.29 is 0 Å². The summed E-state index contributed by atoms with van der Waals surface area (Å²) in [5.74, 6) is 0. The molecule has 1 nitrogen and oxygen atoms in total. The van der Waals surface area contributed by atoms with Gasteiger partial charge in [0.25, 0.3) is 0 Å². The summed E-state index contributed by atoms with van der Waals surface area (Å²) in [6.45, 7) is 2.67. The Morgan fingerprint density at radius 3 is 2.27 bits per heavy atom. The molecule has 0 unspecified atom stereocenters. The average Bonchev–Trinajstić information content (AvgIpc) is 1.92. The van der Waals surface area contributed by atoms with Crippen molar-refractivity contribution in [2.45, 2.75) is 29.6 Å². The molecule has 1 spiro atoms. The molecule has 0 aromatic heterocycles. The fourth-order valence-electron chi connectivity index (χ4n) is 2.38. The van der Waals surface area contributed by atoms with Crippen LogP contribution in [0.1, 0.15) is 25.7 Å².